The molecule has 0 heterocycles. The number of para-hydroxylation sites is 1. The quantitative estimate of drug-likeness (QED) is 0.831. The Bertz CT molecular complexity index is 893. The zero-order valence-electron chi connectivity index (χ0n) is 11.7. The minimum Gasteiger partial charge on any atom is -0.279 e. The number of halogens is 1. The van der Waals surface area contributed by atoms with Gasteiger partial charge < -0.3 is 0 Å². The highest BCUT2D eigenvalue weighted by Gasteiger charge is 2.17. The van der Waals surface area contributed by atoms with Gasteiger partial charge in [0.05, 0.1) is 16.3 Å². The summed E-state index contributed by atoms with van der Waals surface area (Å²) >= 11 is 3.22. The molecule has 0 aromatic heterocycles. The van der Waals surface area contributed by atoms with Crippen LogP contribution in [0.5, 0.6) is 0 Å². The van der Waals surface area contributed by atoms with Crippen molar-refractivity contribution in [3.8, 4) is 0 Å². The molecule has 22 heavy (non-hydrogen) atoms. The lowest BCUT2D eigenvalue weighted by Gasteiger charge is -2.12. The summed E-state index contributed by atoms with van der Waals surface area (Å²) in [7, 11) is -7.06. The molecule has 0 aliphatic carbocycles. The van der Waals surface area contributed by atoms with Gasteiger partial charge in [-0.2, -0.15) is 0 Å². The Morgan fingerprint density at radius 2 is 1.68 bits per heavy atom. The average Bonchev–Trinajstić information content (AvgIpc) is 2.39. The van der Waals surface area contributed by atoms with Crippen molar-refractivity contribution in [3.63, 3.8) is 0 Å². The Labute approximate surface area is 138 Å². The topological polar surface area (TPSA) is 80.3 Å². The Kier molecular flexibility index (Phi) is 4.93. The van der Waals surface area contributed by atoms with E-state index in [1.54, 1.807) is 30.3 Å². The largest absolute Gasteiger partial charge is 0.279 e. The van der Waals surface area contributed by atoms with Gasteiger partial charge in [0.25, 0.3) is 10.0 Å². The Hall–Kier alpha value is -1.38. The van der Waals surface area contributed by atoms with Gasteiger partial charge in [-0.1, -0.05) is 40.2 Å². The van der Waals surface area contributed by atoms with Gasteiger partial charge in [0, 0.05) is 10.7 Å². The van der Waals surface area contributed by atoms with Gasteiger partial charge in [-0.3, -0.25) is 4.72 Å². The highest BCUT2D eigenvalue weighted by molar-refractivity contribution is 9.10. The third-order valence-electron chi connectivity index (χ3n) is 2.79. The molecule has 0 aliphatic heterocycles. The van der Waals surface area contributed by atoms with E-state index in [1.807, 2.05) is 0 Å². The molecular weight excluding hydrogens is 390 g/mol. The summed E-state index contributed by atoms with van der Waals surface area (Å²) in [5.74, 6) is -0.232. The van der Waals surface area contributed by atoms with Crippen LogP contribution in [0, 0.1) is 0 Å². The van der Waals surface area contributed by atoms with Crippen molar-refractivity contribution >= 4 is 41.5 Å². The van der Waals surface area contributed by atoms with E-state index in [0.717, 1.165) is 6.26 Å². The van der Waals surface area contributed by atoms with Gasteiger partial charge in [0.1, 0.15) is 0 Å². The highest BCUT2D eigenvalue weighted by atomic mass is 79.9. The zero-order valence-corrected chi connectivity index (χ0v) is 14.9. The molecule has 0 saturated carbocycles. The molecule has 0 bridgehead atoms. The molecular formula is C14H14BrNO4S2. The van der Waals surface area contributed by atoms with Crippen molar-refractivity contribution in [2.24, 2.45) is 0 Å². The zero-order chi connectivity index (χ0) is 16.4. The molecule has 0 unspecified atom stereocenters. The lowest BCUT2D eigenvalue weighted by Crippen LogP contribution is -2.15. The first-order valence-corrected chi connectivity index (χ1v) is 10.5. The summed E-state index contributed by atoms with van der Waals surface area (Å²) in [4.78, 5) is 0.0935. The fourth-order valence-electron chi connectivity index (χ4n) is 1.87. The summed E-state index contributed by atoms with van der Waals surface area (Å²) < 4.78 is 50.8. The third-order valence-corrected chi connectivity index (χ3v) is 5.48. The van der Waals surface area contributed by atoms with Crippen LogP contribution in [0.2, 0.25) is 0 Å². The van der Waals surface area contributed by atoms with Crippen molar-refractivity contribution < 1.29 is 16.8 Å². The summed E-state index contributed by atoms with van der Waals surface area (Å²) in [6.45, 7) is 0. The van der Waals surface area contributed by atoms with Crippen molar-refractivity contribution in [1.82, 2.24) is 0 Å². The second-order valence-electron chi connectivity index (χ2n) is 4.79. The van der Waals surface area contributed by atoms with Crippen molar-refractivity contribution in [2.45, 2.75) is 10.6 Å². The second kappa shape index (κ2) is 6.39. The van der Waals surface area contributed by atoms with Crippen LogP contribution in [0.1, 0.15) is 5.56 Å². The molecule has 0 atom stereocenters. The maximum Gasteiger partial charge on any atom is 0.261 e. The predicted octanol–water partition coefficient (Wildman–Crippen LogP) is 2.79. The first-order valence-electron chi connectivity index (χ1n) is 6.21. The van der Waals surface area contributed by atoms with Crippen LogP contribution >= 0.6 is 15.9 Å². The molecule has 2 aromatic rings. The number of hydrogen-bond acceptors (Lipinski definition) is 4. The standard InChI is InChI=1S/C14H14BrNO4S2/c1-21(17,18)10-11-5-2-3-8-14(11)16-22(19,20)13-7-4-6-12(15)9-13/h2-9,16H,10H2,1H3. The molecule has 0 radical (unpaired) electrons. The van der Waals surface area contributed by atoms with Crippen LogP contribution in [0.3, 0.4) is 0 Å². The molecule has 0 fully saturated rings. The van der Waals surface area contributed by atoms with E-state index in [0.29, 0.717) is 10.0 Å². The van der Waals surface area contributed by atoms with Gasteiger partial charge in [-0.15, -0.1) is 0 Å². The number of sulfone groups is 1. The smallest absolute Gasteiger partial charge is 0.261 e. The van der Waals surface area contributed by atoms with Crippen molar-refractivity contribution in [2.75, 3.05) is 11.0 Å². The third kappa shape index (κ3) is 4.56. The molecule has 0 amide bonds. The molecule has 8 heteroatoms. The maximum atomic E-state index is 12.4. The fourth-order valence-corrected chi connectivity index (χ4v) is 4.38. The van der Waals surface area contributed by atoms with Gasteiger partial charge in [0.2, 0.25) is 0 Å². The Morgan fingerprint density at radius 1 is 1.00 bits per heavy atom. The number of nitrogens with one attached hydrogen (secondary N) is 1. The van der Waals surface area contributed by atoms with Crippen molar-refractivity contribution in [3.05, 3.63) is 58.6 Å². The van der Waals surface area contributed by atoms with Crippen LogP contribution in [-0.2, 0) is 25.6 Å². The van der Waals surface area contributed by atoms with E-state index in [-0.39, 0.29) is 16.3 Å². The van der Waals surface area contributed by atoms with Crippen molar-refractivity contribution in [1.29, 1.82) is 0 Å². The van der Waals surface area contributed by atoms with Crippen LogP contribution in [0.15, 0.2) is 57.9 Å². The van der Waals surface area contributed by atoms with E-state index in [2.05, 4.69) is 20.7 Å². The summed E-state index contributed by atoms with van der Waals surface area (Å²) in [6, 6.07) is 12.7. The minimum absolute atomic E-state index is 0.0935. The Morgan fingerprint density at radius 3 is 2.32 bits per heavy atom. The maximum absolute atomic E-state index is 12.4. The van der Waals surface area contributed by atoms with Gasteiger partial charge >= 0.3 is 0 Å². The predicted molar refractivity (Wildman–Crippen MR) is 89.9 cm³/mol. The lowest BCUT2D eigenvalue weighted by atomic mass is 10.2. The molecule has 2 aromatic carbocycles. The number of hydrogen-bond donors (Lipinski definition) is 1. The monoisotopic (exact) mass is 403 g/mol. The lowest BCUT2D eigenvalue weighted by molar-refractivity contribution is 0.598. The van der Waals surface area contributed by atoms with Crippen LogP contribution in [0.4, 0.5) is 5.69 Å². The summed E-state index contributed by atoms with van der Waals surface area (Å²) in [6.07, 6.45) is 1.10. The molecule has 1 N–H and O–H groups in total. The fraction of sp³-hybridized carbons (Fsp3) is 0.143. The number of benzene rings is 2. The normalized spacial score (nSPS) is 12.1. The molecule has 2 rings (SSSR count). The number of sulfonamides is 1. The molecule has 5 nitrogen and oxygen atoms in total. The minimum atomic E-state index is -3.79. The molecule has 118 valence electrons. The molecule has 0 saturated heterocycles. The first-order chi connectivity index (χ1) is 10.2. The van der Waals surface area contributed by atoms with Gasteiger partial charge in [0.15, 0.2) is 9.84 Å². The van der Waals surface area contributed by atoms with Gasteiger partial charge in [-0.05, 0) is 29.8 Å². The second-order valence-corrected chi connectivity index (χ2v) is 9.53. The van der Waals surface area contributed by atoms with Crippen LogP contribution in [0.25, 0.3) is 0 Å². The number of rotatable bonds is 5. The van der Waals surface area contributed by atoms with Crippen LogP contribution < -0.4 is 4.72 Å². The summed E-state index contributed by atoms with van der Waals surface area (Å²) in [5.41, 5.74) is 0.663. The van der Waals surface area contributed by atoms with Crippen LogP contribution in [-0.4, -0.2) is 23.1 Å². The summed E-state index contributed by atoms with van der Waals surface area (Å²) in [5, 5.41) is 0. The molecule has 0 aliphatic rings. The van der Waals surface area contributed by atoms with E-state index in [9.17, 15) is 16.8 Å². The van der Waals surface area contributed by atoms with E-state index < -0.39 is 19.9 Å². The van der Waals surface area contributed by atoms with E-state index in [1.165, 1.54) is 18.2 Å². The SMILES string of the molecule is CS(=O)(=O)Cc1ccccc1NS(=O)(=O)c1cccc(Br)c1. The number of anilines is 1. The van der Waals surface area contributed by atoms with E-state index in [4.69, 9.17) is 0 Å². The Balaban J connectivity index is 2.38. The average molecular weight is 404 g/mol. The van der Waals surface area contributed by atoms with E-state index >= 15 is 0 Å². The molecule has 0 spiro atoms. The first kappa shape index (κ1) is 17.0. The highest BCUT2D eigenvalue weighted by Crippen LogP contribution is 2.23. The van der Waals surface area contributed by atoms with Gasteiger partial charge in [-0.25, -0.2) is 16.8 Å².